The number of amides is 1. The van der Waals surface area contributed by atoms with Gasteiger partial charge in [-0.1, -0.05) is 67.6 Å². The lowest BCUT2D eigenvalue weighted by Crippen LogP contribution is -2.29. The van der Waals surface area contributed by atoms with E-state index in [1.165, 1.54) is 0 Å². The van der Waals surface area contributed by atoms with Crippen molar-refractivity contribution >= 4 is 37.4 Å². The first kappa shape index (κ1) is 20.0. The molecule has 3 aromatic carbocycles. The van der Waals surface area contributed by atoms with Crippen molar-refractivity contribution in [3.05, 3.63) is 78.4 Å². The van der Waals surface area contributed by atoms with Crippen LogP contribution in [0.4, 0.5) is 0 Å². The van der Waals surface area contributed by atoms with Crippen LogP contribution in [0.25, 0.3) is 32.9 Å². The van der Waals surface area contributed by atoms with E-state index >= 15 is 0 Å². The van der Waals surface area contributed by atoms with Gasteiger partial charge < -0.3 is 5.32 Å². The fourth-order valence-corrected chi connectivity index (χ4v) is 4.21. The molecule has 1 N–H and O–H groups in total. The molecule has 1 aromatic heterocycles. The van der Waals surface area contributed by atoms with Crippen molar-refractivity contribution in [2.24, 2.45) is 0 Å². The number of pyridine rings is 1. The highest BCUT2D eigenvalue weighted by atomic mass is 32.2. The molecule has 0 aliphatic carbocycles. The first-order valence-corrected chi connectivity index (χ1v) is 11.7. The van der Waals surface area contributed by atoms with Crippen molar-refractivity contribution in [1.29, 1.82) is 0 Å². The highest BCUT2D eigenvalue weighted by molar-refractivity contribution is 7.91. The molecule has 4 rings (SSSR count). The quantitative estimate of drug-likeness (QED) is 0.509. The van der Waals surface area contributed by atoms with Crippen molar-refractivity contribution in [2.75, 3.05) is 18.1 Å². The highest BCUT2D eigenvalue weighted by Crippen LogP contribution is 2.30. The summed E-state index contributed by atoms with van der Waals surface area (Å²) in [6.07, 6.45) is 0. The van der Waals surface area contributed by atoms with Crippen LogP contribution < -0.4 is 5.32 Å². The average molecular weight is 419 g/mol. The molecule has 1 amide bonds. The molecule has 0 aliphatic rings. The lowest BCUT2D eigenvalue weighted by Gasteiger charge is -2.12. The van der Waals surface area contributed by atoms with Gasteiger partial charge in [0.1, 0.15) is 0 Å². The number of sulfone groups is 1. The Labute approximate surface area is 175 Å². The number of fused-ring (bicyclic) bond motifs is 2. The molecule has 0 unspecified atom stereocenters. The van der Waals surface area contributed by atoms with Gasteiger partial charge in [0, 0.05) is 23.2 Å². The van der Waals surface area contributed by atoms with Crippen LogP contribution >= 0.6 is 0 Å². The zero-order chi connectivity index (χ0) is 21.1. The molecule has 0 radical (unpaired) electrons. The Morgan fingerprint density at radius 3 is 2.43 bits per heavy atom. The normalized spacial score (nSPS) is 11.6. The Balaban J connectivity index is 1.77. The molecule has 6 heteroatoms. The number of para-hydroxylation sites is 1. The summed E-state index contributed by atoms with van der Waals surface area (Å²) in [7, 11) is -3.14. The van der Waals surface area contributed by atoms with E-state index in [-0.39, 0.29) is 24.0 Å². The molecule has 0 aliphatic heterocycles. The minimum Gasteiger partial charge on any atom is -0.351 e. The van der Waals surface area contributed by atoms with Gasteiger partial charge in [-0.25, -0.2) is 13.4 Å². The van der Waals surface area contributed by atoms with Crippen LogP contribution in [0.15, 0.2) is 72.8 Å². The molecule has 5 nitrogen and oxygen atoms in total. The van der Waals surface area contributed by atoms with Crippen LogP contribution in [-0.4, -0.2) is 37.4 Å². The molecule has 0 saturated heterocycles. The van der Waals surface area contributed by atoms with Gasteiger partial charge in [-0.15, -0.1) is 0 Å². The first-order chi connectivity index (χ1) is 14.5. The van der Waals surface area contributed by atoms with Gasteiger partial charge in [0.2, 0.25) is 0 Å². The predicted molar refractivity (Wildman–Crippen MR) is 121 cm³/mol. The summed E-state index contributed by atoms with van der Waals surface area (Å²) in [5.74, 6) is -0.317. The fourth-order valence-electron chi connectivity index (χ4n) is 3.51. The summed E-state index contributed by atoms with van der Waals surface area (Å²) in [6.45, 7) is 1.68. The SMILES string of the molecule is CCS(=O)(=O)CCNC(=O)c1cc(-c2cccc3ccccc23)nc2ccccc12. The second kappa shape index (κ2) is 8.24. The number of aromatic nitrogens is 1. The van der Waals surface area contributed by atoms with Crippen LogP contribution in [0.1, 0.15) is 17.3 Å². The molecular weight excluding hydrogens is 396 g/mol. The smallest absolute Gasteiger partial charge is 0.252 e. The largest absolute Gasteiger partial charge is 0.351 e. The molecule has 30 heavy (non-hydrogen) atoms. The van der Waals surface area contributed by atoms with E-state index in [0.29, 0.717) is 16.8 Å². The summed E-state index contributed by atoms with van der Waals surface area (Å²) < 4.78 is 23.5. The molecule has 152 valence electrons. The van der Waals surface area contributed by atoms with Crippen molar-refractivity contribution in [3.63, 3.8) is 0 Å². The van der Waals surface area contributed by atoms with E-state index in [2.05, 4.69) is 5.32 Å². The zero-order valence-corrected chi connectivity index (χ0v) is 17.4. The number of benzene rings is 3. The maximum absolute atomic E-state index is 12.9. The van der Waals surface area contributed by atoms with E-state index in [4.69, 9.17) is 4.98 Å². The maximum atomic E-state index is 12.9. The van der Waals surface area contributed by atoms with Gasteiger partial charge in [-0.05, 0) is 22.9 Å². The minimum atomic E-state index is -3.14. The van der Waals surface area contributed by atoms with Crippen LogP contribution in [0.5, 0.6) is 0 Å². The summed E-state index contributed by atoms with van der Waals surface area (Å²) in [5.41, 5.74) is 2.85. The maximum Gasteiger partial charge on any atom is 0.252 e. The molecule has 1 heterocycles. The number of nitrogens with zero attached hydrogens (tertiary/aromatic N) is 1. The molecule has 0 atom stereocenters. The Kier molecular flexibility index (Phi) is 5.50. The number of carbonyl (C=O) groups excluding carboxylic acids is 1. The van der Waals surface area contributed by atoms with Crippen LogP contribution in [0.2, 0.25) is 0 Å². The summed E-state index contributed by atoms with van der Waals surface area (Å²) in [4.78, 5) is 17.7. The van der Waals surface area contributed by atoms with Crippen molar-refractivity contribution < 1.29 is 13.2 Å². The van der Waals surface area contributed by atoms with Gasteiger partial charge in [0.15, 0.2) is 9.84 Å². The average Bonchev–Trinajstić information content (AvgIpc) is 2.77. The third kappa shape index (κ3) is 4.04. The minimum absolute atomic E-state index is 0.0618. The third-order valence-corrected chi connectivity index (χ3v) is 6.87. The summed E-state index contributed by atoms with van der Waals surface area (Å²) in [5, 5.41) is 5.64. The zero-order valence-electron chi connectivity index (χ0n) is 16.6. The third-order valence-electron chi connectivity index (χ3n) is 5.16. The van der Waals surface area contributed by atoms with E-state index < -0.39 is 9.84 Å². The first-order valence-electron chi connectivity index (χ1n) is 9.85. The number of nitrogens with one attached hydrogen (secondary N) is 1. The second-order valence-corrected chi connectivity index (χ2v) is 9.56. The topological polar surface area (TPSA) is 76.1 Å². The van der Waals surface area contributed by atoms with Crippen LogP contribution in [0, 0.1) is 0 Å². The van der Waals surface area contributed by atoms with Gasteiger partial charge in [-0.2, -0.15) is 0 Å². The van der Waals surface area contributed by atoms with Crippen molar-refractivity contribution in [3.8, 4) is 11.3 Å². The Morgan fingerprint density at radius 2 is 1.63 bits per heavy atom. The Morgan fingerprint density at radius 1 is 0.933 bits per heavy atom. The van der Waals surface area contributed by atoms with E-state index in [1.807, 2.05) is 66.7 Å². The van der Waals surface area contributed by atoms with Crippen molar-refractivity contribution in [1.82, 2.24) is 10.3 Å². The fraction of sp³-hybridized carbons (Fsp3) is 0.167. The van der Waals surface area contributed by atoms with Gasteiger partial charge in [0.05, 0.1) is 22.5 Å². The van der Waals surface area contributed by atoms with E-state index in [0.717, 1.165) is 21.7 Å². The van der Waals surface area contributed by atoms with E-state index in [9.17, 15) is 13.2 Å². The van der Waals surface area contributed by atoms with Crippen LogP contribution in [0.3, 0.4) is 0 Å². The molecule has 0 spiro atoms. The second-order valence-electron chi connectivity index (χ2n) is 7.09. The number of carbonyl (C=O) groups is 1. The molecular formula is C24H22N2O3S. The summed E-state index contributed by atoms with van der Waals surface area (Å²) >= 11 is 0. The number of hydrogen-bond acceptors (Lipinski definition) is 4. The van der Waals surface area contributed by atoms with Gasteiger partial charge >= 0.3 is 0 Å². The van der Waals surface area contributed by atoms with Crippen LogP contribution in [-0.2, 0) is 9.84 Å². The van der Waals surface area contributed by atoms with Gasteiger partial charge in [-0.3, -0.25) is 4.79 Å². The lowest BCUT2D eigenvalue weighted by molar-refractivity contribution is 0.0957. The molecule has 0 saturated carbocycles. The number of rotatable bonds is 6. The molecule has 4 aromatic rings. The van der Waals surface area contributed by atoms with Gasteiger partial charge in [0.25, 0.3) is 5.91 Å². The van der Waals surface area contributed by atoms with Crippen molar-refractivity contribution in [2.45, 2.75) is 6.92 Å². The number of hydrogen-bond donors (Lipinski definition) is 1. The Bertz CT molecular complexity index is 1340. The molecule has 0 fully saturated rings. The lowest BCUT2D eigenvalue weighted by atomic mass is 9.99. The highest BCUT2D eigenvalue weighted by Gasteiger charge is 2.16. The Hall–Kier alpha value is -3.25. The summed E-state index contributed by atoms with van der Waals surface area (Å²) in [6, 6.07) is 23.3. The van der Waals surface area contributed by atoms with E-state index in [1.54, 1.807) is 13.0 Å². The standard InChI is InChI=1S/C24H22N2O3S/c1-2-30(28,29)15-14-25-24(27)21-16-23(26-22-13-6-5-11-20(21)22)19-12-7-9-17-8-3-4-10-18(17)19/h3-13,16H,2,14-15H2,1H3,(H,25,27). The monoisotopic (exact) mass is 418 g/mol. The molecule has 0 bridgehead atoms. The predicted octanol–water partition coefficient (Wildman–Crippen LogP) is 4.22.